The van der Waals surface area contributed by atoms with Crippen LogP contribution in [0.5, 0.6) is 5.75 Å². The molecule has 6 nitrogen and oxygen atoms in total. The van der Waals surface area contributed by atoms with Crippen LogP contribution in [0.2, 0.25) is 0 Å². The highest BCUT2D eigenvalue weighted by molar-refractivity contribution is 6.46. The molecule has 0 aliphatic carbocycles. The van der Waals surface area contributed by atoms with E-state index in [-0.39, 0.29) is 11.3 Å². The first-order valence-corrected chi connectivity index (χ1v) is 11.5. The molecule has 1 aromatic heterocycles. The van der Waals surface area contributed by atoms with Crippen LogP contribution in [0.1, 0.15) is 48.2 Å². The van der Waals surface area contributed by atoms with Gasteiger partial charge in [0.1, 0.15) is 24.2 Å². The van der Waals surface area contributed by atoms with E-state index in [1.54, 1.807) is 36.5 Å². The zero-order valence-corrected chi connectivity index (χ0v) is 19.4. The third-order valence-electron chi connectivity index (χ3n) is 5.95. The number of ketones is 1. The van der Waals surface area contributed by atoms with Crippen LogP contribution in [0.25, 0.3) is 5.76 Å². The number of likely N-dealkylation sites (tertiary alicyclic amines) is 1. The van der Waals surface area contributed by atoms with E-state index in [0.29, 0.717) is 30.2 Å². The van der Waals surface area contributed by atoms with Gasteiger partial charge in [0.2, 0.25) is 0 Å². The van der Waals surface area contributed by atoms with Crippen LogP contribution in [-0.2, 0) is 16.2 Å². The van der Waals surface area contributed by atoms with Crippen molar-refractivity contribution in [3.63, 3.8) is 0 Å². The van der Waals surface area contributed by atoms with E-state index >= 15 is 0 Å². The summed E-state index contributed by atoms with van der Waals surface area (Å²) in [6.45, 7) is 4.75. The lowest BCUT2D eigenvalue weighted by molar-refractivity contribution is -0.140. The van der Waals surface area contributed by atoms with E-state index in [1.165, 1.54) is 4.90 Å². The van der Waals surface area contributed by atoms with Gasteiger partial charge in [-0.3, -0.25) is 14.6 Å². The summed E-state index contributed by atoms with van der Waals surface area (Å²) in [4.78, 5) is 31.8. The van der Waals surface area contributed by atoms with Gasteiger partial charge in [-0.15, -0.1) is 0 Å². The number of carbonyl (C=O) groups is 2. The Hall–Kier alpha value is -3.93. The van der Waals surface area contributed by atoms with Crippen LogP contribution in [-0.4, -0.2) is 33.2 Å². The quantitative estimate of drug-likeness (QED) is 0.287. The third-order valence-corrected chi connectivity index (χ3v) is 5.95. The van der Waals surface area contributed by atoms with E-state index in [9.17, 15) is 14.7 Å². The maximum atomic E-state index is 13.0. The van der Waals surface area contributed by atoms with Crippen molar-refractivity contribution in [2.24, 2.45) is 0 Å². The molecule has 1 atom stereocenters. The minimum atomic E-state index is -0.720. The minimum Gasteiger partial charge on any atom is -0.507 e. The number of aliphatic hydroxyl groups excluding tert-OH is 1. The predicted octanol–water partition coefficient (Wildman–Crippen LogP) is 5.19. The molecular weight excluding hydrogens is 428 g/mol. The Morgan fingerprint density at radius 3 is 2.50 bits per heavy atom. The van der Waals surface area contributed by atoms with Crippen molar-refractivity contribution < 1.29 is 19.4 Å². The number of carbonyl (C=O) groups excluding carboxylic acids is 2. The molecule has 0 bridgehead atoms. The summed E-state index contributed by atoms with van der Waals surface area (Å²) in [5, 5.41) is 11.2. The first-order chi connectivity index (χ1) is 16.5. The topological polar surface area (TPSA) is 79.7 Å². The number of nitrogens with zero attached hydrogens (tertiary/aromatic N) is 2. The molecule has 1 fully saturated rings. The van der Waals surface area contributed by atoms with E-state index in [4.69, 9.17) is 4.74 Å². The van der Waals surface area contributed by atoms with Crippen LogP contribution in [0.3, 0.4) is 0 Å². The fraction of sp³-hybridized carbons (Fsp3) is 0.250. The highest BCUT2D eigenvalue weighted by Crippen LogP contribution is 2.39. The van der Waals surface area contributed by atoms with Gasteiger partial charge in [0.25, 0.3) is 11.7 Å². The summed E-state index contributed by atoms with van der Waals surface area (Å²) in [6, 6.07) is 19.7. The zero-order chi connectivity index (χ0) is 24.1. The summed E-state index contributed by atoms with van der Waals surface area (Å²) in [6.07, 6.45) is 3.25. The first-order valence-electron chi connectivity index (χ1n) is 11.5. The second-order valence-electron chi connectivity index (χ2n) is 8.36. The molecule has 6 heteroatoms. The SMILES string of the molecule is CCCCN1C(=O)C(=O)/C(=C(\O)c2ccc(OCc3ccccc3)c(C)c2)C1c1ccccn1. The molecule has 34 heavy (non-hydrogen) atoms. The average Bonchev–Trinajstić information content (AvgIpc) is 3.12. The van der Waals surface area contributed by atoms with Gasteiger partial charge in [0.05, 0.1) is 11.3 Å². The number of pyridine rings is 1. The third kappa shape index (κ3) is 4.71. The maximum Gasteiger partial charge on any atom is 0.295 e. The number of aliphatic hydroxyl groups is 1. The van der Waals surface area contributed by atoms with Crippen molar-refractivity contribution in [2.45, 2.75) is 39.3 Å². The van der Waals surface area contributed by atoms with Gasteiger partial charge in [0, 0.05) is 18.3 Å². The summed E-state index contributed by atoms with van der Waals surface area (Å²) < 4.78 is 5.94. The summed E-state index contributed by atoms with van der Waals surface area (Å²) in [5.74, 6) is -0.813. The predicted molar refractivity (Wildman–Crippen MR) is 130 cm³/mol. The maximum absolute atomic E-state index is 13.0. The Labute approximate surface area is 199 Å². The van der Waals surface area contributed by atoms with Crippen molar-refractivity contribution in [1.29, 1.82) is 0 Å². The lowest BCUT2D eigenvalue weighted by atomic mass is 9.97. The van der Waals surface area contributed by atoms with Gasteiger partial charge in [0.15, 0.2) is 0 Å². The number of aryl methyl sites for hydroxylation is 1. The number of Topliss-reactive ketones (excluding diaryl/α,β-unsaturated/α-hetero) is 1. The van der Waals surface area contributed by atoms with Crippen LogP contribution in [0, 0.1) is 6.92 Å². The Kier molecular flexibility index (Phi) is 7.07. The van der Waals surface area contributed by atoms with Crippen molar-refractivity contribution in [1.82, 2.24) is 9.88 Å². The van der Waals surface area contributed by atoms with Crippen LogP contribution in [0.4, 0.5) is 0 Å². The molecule has 1 amide bonds. The summed E-state index contributed by atoms with van der Waals surface area (Å²) >= 11 is 0. The second-order valence-corrected chi connectivity index (χ2v) is 8.36. The number of ether oxygens (including phenoxy) is 1. The van der Waals surface area contributed by atoms with E-state index in [1.807, 2.05) is 50.2 Å². The number of benzene rings is 2. The number of amides is 1. The van der Waals surface area contributed by atoms with Crippen molar-refractivity contribution in [2.75, 3.05) is 6.54 Å². The molecule has 0 radical (unpaired) electrons. The number of rotatable bonds is 8. The molecule has 174 valence electrons. The highest BCUT2D eigenvalue weighted by atomic mass is 16.5. The van der Waals surface area contributed by atoms with E-state index in [0.717, 1.165) is 24.0 Å². The van der Waals surface area contributed by atoms with E-state index in [2.05, 4.69) is 4.98 Å². The first kappa shape index (κ1) is 23.2. The van der Waals surface area contributed by atoms with Gasteiger partial charge in [-0.2, -0.15) is 0 Å². The normalized spacial score (nSPS) is 17.2. The standard InChI is InChI=1S/C28H28N2O4/c1-3-4-16-30-25(22-12-8-9-15-29-22)24(27(32)28(30)33)26(31)21-13-14-23(19(2)17-21)34-18-20-10-6-5-7-11-20/h5-15,17,25,31H,3-4,16,18H2,1-2H3/b26-24-. The molecule has 1 aliphatic heterocycles. The Bertz CT molecular complexity index is 1210. The molecule has 0 saturated carbocycles. The number of hydrogen-bond donors (Lipinski definition) is 1. The minimum absolute atomic E-state index is 0.0668. The van der Waals surface area contributed by atoms with Crippen molar-refractivity contribution in [3.8, 4) is 5.75 Å². The summed E-state index contributed by atoms with van der Waals surface area (Å²) in [7, 11) is 0. The Balaban J connectivity index is 1.68. The van der Waals surface area contributed by atoms with Gasteiger partial charge in [-0.1, -0.05) is 49.7 Å². The lowest BCUT2D eigenvalue weighted by Crippen LogP contribution is -2.31. The Morgan fingerprint density at radius 1 is 1.06 bits per heavy atom. The fourth-order valence-electron chi connectivity index (χ4n) is 4.13. The van der Waals surface area contributed by atoms with Crippen LogP contribution >= 0.6 is 0 Å². The number of hydrogen-bond acceptors (Lipinski definition) is 5. The van der Waals surface area contributed by atoms with Gasteiger partial charge >= 0.3 is 0 Å². The van der Waals surface area contributed by atoms with Crippen molar-refractivity contribution >= 4 is 17.4 Å². The smallest absolute Gasteiger partial charge is 0.295 e. The monoisotopic (exact) mass is 456 g/mol. The second kappa shape index (κ2) is 10.3. The van der Waals surface area contributed by atoms with Crippen LogP contribution in [0.15, 0.2) is 78.5 Å². The largest absolute Gasteiger partial charge is 0.507 e. The molecule has 4 rings (SSSR count). The zero-order valence-electron chi connectivity index (χ0n) is 19.4. The van der Waals surface area contributed by atoms with E-state index < -0.39 is 17.7 Å². The molecule has 3 aromatic rings. The summed E-state index contributed by atoms with van der Waals surface area (Å²) in [5.41, 5.74) is 2.95. The van der Waals surface area contributed by atoms with Gasteiger partial charge in [-0.25, -0.2) is 0 Å². The molecular formula is C28H28N2O4. The number of unbranched alkanes of at least 4 members (excludes halogenated alkanes) is 1. The molecule has 1 aliphatic rings. The average molecular weight is 457 g/mol. The Morgan fingerprint density at radius 2 is 1.82 bits per heavy atom. The van der Waals surface area contributed by atoms with Gasteiger partial charge < -0.3 is 14.7 Å². The number of aromatic nitrogens is 1. The molecule has 1 saturated heterocycles. The molecule has 1 N–H and O–H groups in total. The lowest BCUT2D eigenvalue weighted by Gasteiger charge is -2.24. The van der Waals surface area contributed by atoms with Gasteiger partial charge in [-0.05, 0) is 54.8 Å². The molecule has 2 aromatic carbocycles. The highest BCUT2D eigenvalue weighted by Gasteiger charge is 2.46. The molecule has 0 spiro atoms. The molecule has 2 heterocycles. The van der Waals surface area contributed by atoms with Crippen LogP contribution < -0.4 is 4.74 Å². The molecule has 1 unspecified atom stereocenters. The fourth-order valence-corrected chi connectivity index (χ4v) is 4.13. The van der Waals surface area contributed by atoms with Crippen molar-refractivity contribution in [3.05, 3.63) is 101 Å².